The lowest BCUT2D eigenvalue weighted by atomic mass is 10.1. The lowest BCUT2D eigenvalue weighted by molar-refractivity contribution is 0.0699. The van der Waals surface area contributed by atoms with Gasteiger partial charge in [0.05, 0.1) is 32.4 Å². The summed E-state index contributed by atoms with van der Waals surface area (Å²) in [7, 11) is 4.65. The van der Waals surface area contributed by atoms with Crippen LogP contribution in [-0.2, 0) is 0 Å². The second kappa shape index (κ2) is 7.18. The van der Waals surface area contributed by atoms with Crippen LogP contribution in [0.1, 0.15) is 21.7 Å². The van der Waals surface area contributed by atoms with Crippen LogP contribution in [-0.4, -0.2) is 42.4 Å². The summed E-state index contributed by atoms with van der Waals surface area (Å²) >= 11 is 0. The van der Waals surface area contributed by atoms with Crippen molar-refractivity contribution in [3.8, 4) is 17.2 Å². The predicted octanol–water partition coefficient (Wildman–Crippen LogP) is 3.46. The molecule has 7 nitrogen and oxygen atoms in total. The average molecular weight is 354 g/mol. The quantitative estimate of drug-likeness (QED) is 0.704. The number of hydrogen-bond donors (Lipinski definition) is 2. The van der Waals surface area contributed by atoms with Gasteiger partial charge in [-0.25, -0.2) is 9.78 Å². The molecule has 134 valence electrons. The summed E-state index contributed by atoms with van der Waals surface area (Å²) in [5, 5.41) is 9.26. The first-order chi connectivity index (χ1) is 12.6. The van der Waals surface area contributed by atoms with Crippen LogP contribution < -0.4 is 14.2 Å². The number of fused-ring (bicyclic) bond motifs is 1. The van der Waals surface area contributed by atoms with Crippen LogP contribution >= 0.6 is 0 Å². The highest BCUT2D eigenvalue weighted by molar-refractivity contribution is 6.01. The zero-order chi connectivity index (χ0) is 18.7. The Balaban J connectivity index is 2.02. The smallest absolute Gasteiger partial charge is 0.337 e. The van der Waals surface area contributed by atoms with Crippen LogP contribution in [0.25, 0.3) is 23.2 Å². The molecule has 1 heterocycles. The molecule has 2 aromatic carbocycles. The highest BCUT2D eigenvalue weighted by atomic mass is 16.5. The molecule has 0 fully saturated rings. The Morgan fingerprint density at radius 1 is 1.04 bits per heavy atom. The normalized spacial score (nSPS) is 11.0. The summed E-state index contributed by atoms with van der Waals surface area (Å²) in [5.41, 5.74) is 1.99. The molecule has 0 radical (unpaired) electrons. The maximum Gasteiger partial charge on any atom is 0.337 e. The lowest BCUT2D eigenvalue weighted by Crippen LogP contribution is -1.96. The molecule has 0 saturated heterocycles. The number of para-hydroxylation sites is 1. The number of aromatic carboxylic acids is 1. The van der Waals surface area contributed by atoms with Crippen LogP contribution in [0.15, 0.2) is 30.3 Å². The first-order valence-electron chi connectivity index (χ1n) is 7.78. The zero-order valence-electron chi connectivity index (χ0n) is 14.6. The number of methoxy groups -OCH3 is 3. The van der Waals surface area contributed by atoms with Crippen LogP contribution in [0.5, 0.6) is 17.2 Å². The van der Waals surface area contributed by atoms with Gasteiger partial charge in [-0.1, -0.05) is 6.07 Å². The minimum absolute atomic E-state index is 0.155. The molecule has 0 amide bonds. The number of rotatable bonds is 6. The van der Waals surface area contributed by atoms with Crippen molar-refractivity contribution in [2.75, 3.05) is 21.3 Å². The Hall–Kier alpha value is -3.48. The number of benzene rings is 2. The van der Waals surface area contributed by atoms with E-state index in [4.69, 9.17) is 14.2 Å². The molecule has 0 bridgehead atoms. The van der Waals surface area contributed by atoms with E-state index in [1.54, 1.807) is 51.7 Å². The molecule has 0 atom stereocenters. The van der Waals surface area contributed by atoms with Gasteiger partial charge in [0.25, 0.3) is 0 Å². The molecule has 3 rings (SSSR count). The Morgan fingerprint density at radius 2 is 1.81 bits per heavy atom. The van der Waals surface area contributed by atoms with Crippen LogP contribution in [0.4, 0.5) is 0 Å². The Labute approximate surface area is 149 Å². The molecule has 0 aliphatic rings. The summed E-state index contributed by atoms with van der Waals surface area (Å²) in [6.45, 7) is 0. The van der Waals surface area contributed by atoms with Crippen molar-refractivity contribution >= 4 is 29.2 Å². The van der Waals surface area contributed by atoms with Gasteiger partial charge in [-0.2, -0.15) is 0 Å². The molecule has 3 aromatic rings. The van der Waals surface area contributed by atoms with Crippen molar-refractivity contribution in [1.82, 2.24) is 9.97 Å². The highest BCUT2D eigenvalue weighted by Crippen LogP contribution is 2.40. The van der Waals surface area contributed by atoms with Crippen molar-refractivity contribution in [2.24, 2.45) is 0 Å². The summed E-state index contributed by atoms with van der Waals surface area (Å²) in [4.78, 5) is 18.8. The number of nitrogens with one attached hydrogen (secondary N) is 1. The van der Waals surface area contributed by atoms with Gasteiger partial charge in [0.1, 0.15) is 11.3 Å². The van der Waals surface area contributed by atoms with Gasteiger partial charge in [-0.05, 0) is 36.4 Å². The maximum atomic E-state index is 11.3. The van der Waals surface area contributed by atoms with Crippen LogP contribution in [0, 0.1) is 0 Å². The number of aromatic nitrogens is 2. The molecule has 0 aliphatic carbocycles. The topological polar surface area (TPSA) is 93.7 Å². The second-order valence-corrected chi connectivity index (χ2v) is 5.39. The minimum Gasteiger partial charge on any atom is -0.493 e. The van der Waals surface area contributed by atoms with Gasteiger partial charge in [-0.3, -0.25) is 0 Å². The van der Waals surface area contributed by atoms with Gasteiger partial charge >= 0.3 is 5.97 Å². The third-order valence-corrected chi connectivity index (χ3v) is 3.92. The molecule has 0 unspecified atom stereocenters. The summed E-state index contributed by atoms with van der Waals surface area (Å²) < 4.78 is 16.1. The van der Waals surface area contributed by atoms with E-state index in [2.05, 4.69) is 9.97 Å². The van der Waals surface area contributed by atoms with Gasteiger partial charge < -0.3 is 24.3 Å². The first kappa shape index (κ1) is 17.3. The fourth-order valence-corrected chi connectivity index (χ4v) is 2.73. The number of ether oxygens (including phenoxy) is 3. The molecule has 0 saturated carbocycles. The Bertz CT molecular complexity index is 991. The maximum absolute atomic E-state index is 11.3. The summed E-state index contributed by atoms with van der Waals surface area (Å²) in [5.74, 6) is 1.11. The number of carboxylic acids is 1. The number of carboxylic acid groups (broad SMARTS) is 1. The van der Waals surface area contributed by atoms with Gasteiger partial charge in [0, 0.05) is 5.56 Å². The largest absolute Gasteiger partial charge is 0.493 e. The Morgan fingerprint density at radius 3 is 2.46 bits per heavy atom. The molecular weight excluding hydrogens is 336 g/mol. The average Bonchev–Trinajstić information content (AvgIpc) is 3.07. The van der Waals surface area contributed by atoms with E-state index in [0.717, 1.165) is 5.56 Å². The van der Waals surface area contributed by atoms with E-state index in [1.807, 2.05) is 6.07 Å². The number of H-pyrrole nitrogens is 1. The van der Waals surface area contributed by atoms with E-state index >= 15 is 0 Å². The van der Waals surface area contributed by atoms with Crippen molar-refractivity contribution < 1.29 is 24.1 Å². The van der Waals surface area contributed by atoms with Crippen molar-refractivity contribution in [2.45, 2.75) is 0 Å². The van der Waals surface area contributed by atoms with Crippen molar-refractivity contribution in [3.05, 3.63) is 47.3 Å². The first-order valence-corrected chi connectivity index (χ1v) is 7.78. The zero-order valence-corrected chi connectivity index (χ0v) is 14.6. The molecule has 0 spiro atoms. The number of carbonyl (C=O) groups is 1. The van der Waals surface area contributed by atoms with Crippen molar-refractivity contribution in [3.63, 3.8) is 0 Å². The van der Waals surface area contributed by atoms with Crippen LogP contribution in [0.2, 0.25) is 0 Å². The lowest BCUT2D eigenvalue weighted by Gasteiger charge is -2.13. The van der Waals surface area contributed by atoms with Crippen LogP contribution in [0.3, 0.4) is 0 Å². The van der Waals surface area contributed by atoms with Gasteiger partial charge in [-0.15, -0.1) is 0 Å². The molecule has 26 heavy (non-hydrogen) atoms. The number of nitrogens with zero attached hydrogens (tertiary/aromatic N) is 1. The van der Waals surface area contributed by atoms with E-state index in [-0.39, 0.29) is 5.56 Å². The van der Waals surface area contributed by atoms with Gasteiger partial charge in [0.15, 0.2) is 11.5 Å². The third kappa shape index (κ3) is 3.06. The van der Waals surface area contributed by atoms with Crippen molar-refractivity contribution in [1.29, 1.82) is 0 Å². The monoisotopic (exact) mass is 354 g/mol. The minimum atomic E-state index is -1.01. The van der Waals surface area contributed by atoms with E-state index in [0.29, 0.717) is 34.1 Å². The second-order valence-electron chi connectivity index (χ2n) is 5.39. The summed E-state index contributed by atoms with van der Waals surface area (Å²) in [6.07, 6.45) is 3.55. The molecule has 1 aromatic heterocycles. The predicted molar refractivity (Wildman–Crippen MR) is 98.1 cm³/mol. The fraction of sp³-hybridized carbons (Fsp3) is 0.158. The SMILES string of the molecule is COc1ccc(/C=C/c2nc3c(C(=O)O)cccc3[nH]2)c(OC)c1OC. The van der Waals surface area contributed by atoms with Gasteiger partial charge in [0.2, 0.25) is 5.75 Å². The number of imidazole rings is 1. The highest BCUT2D eigenvalue weighted by Gasteiger charge is 2.15. The van der Waals surface area contributed by atoms with E-state index < -0.39 is 5.97 Å². The molecule has 2 N–H and O–H groups in total. The number of aromatic amines is 1. The summed E-state index contributed by atoms with van der Waals surface area (Å²) in [6, 6.07) is 8.60. The molecule has 0 aliphatic heterocycles. The standard InChI is InChI=1S/C19H18N2O5/c1-24-14-9-7-11(17(25-2)18(14)26-3)8-10-15-20-13-6-4-5-12(19(22)23)16(13)21-15/h4-10H,1-3H3,(H,20,21)(H,22,23)/b10-8+. The molecular formula is C19H18N2O5. The fourth-order valence-electron chi connectivity index (χ4n) is 2.73. The Kier molecular flexibility index (Phi) is 4.79. The molecule has 7 heteroatoms. The van der Waals surface area contributed by atoms with E-state index in [1.165, 1.54) is 6.07 Å². The third-order valence-electron chi connectivity index (χ3n) is 3.92. The van der Waals surface area contributed by atoms with E-state index in [9.17, 15) is 9.90 Å². The number of hydrogen-bond acceptors (Lipinski definition) is 5.